The fourth-order valence-corrected chi connectivity index (χ4v) is 3.44. The summed E-state index contributed by atoms with van der Waals surface area (Å²) in [5, 5.41) is 10.5. The molecule has 2 rings (SSSR count). The van der Waals surface area contributed by atoms with Crippen molar-refractivity contribution in [1.82, 2.24) is 9.55 Å². The molecule has 10 nitrogen and oxygen atoms in total. The highest BCUT2D eigenvalue weighted by atomic mass is 32.5. The third-order valence-electron chi connectivity index (χ3n) is 3.47. The molecule has 1 aliphatic heterocycles. The number of hydrogen-bond donors (Lipinski definition) is 2. The van der Waals surface area contributed by atoms with Crippen LogP contribution in [0.5, 0.6) is 0 Å². The molecule has 0 aromatic carbocycles. The third kappa shape index (κ3) is 4.01. The van der Waals surface area contributed by atoms with Crippen molar-refractivity contribution in [2.45, 2.75) is 24.5 Å². The van der Waals surface area contributed by atoms with E-state index in [0.717, 1.165) is 10.6 Å². The Bertz CT molecular complexity index is 713. The molecule has 0 amide bonds. The second-order valence-electron chi connectivity index (χ2n) is 4.91. The molecule has 4 atom stereocenters. The summed E-state index contributed by atoms with van der Waals surface area (Å²) >= 11 is 5.16. The van der Waals surface area contributed by atoms with Gasteiger partial charge in [0, 0.05) is 33.6 Å². The van der Waals surface area contributed by atoms with Crippen LogP contribution in [0.3, 0.4) is 0 Å². The standard InChI is InChI=1S/C12H19N2O8PS/c1-18-6-7-9(16)10(22-23(24,19-2)20-3)11(21-7)14-5-4-8(15)13-12(14)17/h4-5,7,9-11,16H,6H2,1-3H3,(H,13,15,17)/t7-,9-,10-,11-/m1/s1. The van der Waals surface area contributed by atoms with Crippen LogP contribution in [-0.2, 0) is 34.9 Å². The highest BCUT2D eigenvalue weighted by Gasteiger charge is 2.48. The smallest absolute Gasteiger partial charge is 0.330 e. The average Bonchev–Trinajstić information content (AvgIpc) is 2.84. The Morgan fingerprint density at radius 3 is 2.58 bits per heavy atom. The van der Waals surface area contributed by atoms with E-state index in [0.29, 0.717) is 0 Å². The van der Waals surface area contributed by atoms with Gasteiger partial charge in [0.1, 0.15) is 18.3 Å². The Kier molecular flexibility index (Phi) is 6.46. The van der Waals surface area contributed by atoms with Crippen molar-refractivity contribution in [1.29, 1.82) is 0 Å². The fourth-order valence-electron chi connectivity index (χ4n) is 2.30. The molecule has 0 saturated carbocycles. The van der Waals surface area contributed by atoms with Crippen LogP contribution in [0.15, 0.2) is 21.9 Å². The van der Waals surface area contributed by atoms with Gasteiger partial charge in [-0.1, -0.05) is 0 Å². The lowest BCUT2D eigenvalue weighted by Crippen LogP contribution is -2.39. The van der Waals surface area contributed by atoms with Crippen molar-refractivity contribution in [3.8, 4) is 0 Å². The van der Waals surface area contributed by atoms with E-state index in [1.165, 1.54) is 27.5 Å². The minimum atomic E-state index is -3.13. The van der Waals surface area contributed by atoms with Gasteiger partial charge in [-0.3, -0.25) is 18.9 Å². The summed E-state index contributed by atoms with van der Waals surface area (Å²) in [6, 6.07) is 1.15. The number of hydrogen-bond acceptors (Lipinski definition) is 9. The first-order valence-electron chi connectivity index (χ1n) is 6.89. The number of aromatic amines is 1. The Balaban J connectivity index is 2.39. The molecule has 2 N–H and O–H groups in total. The van der Waals surface area contributed by atoms with Gasteiger partial charge in [0.15, 0.2) is 6.23 Å². The molecule has 136 valence electrons. The zero-order chi connectivity index (χ0) is 17.9. The third-order valence-corrected chi connectivity index (χ3v) is 6.02. The number of nitrogens with zero attached hydrogens (tertiary/aromatic N) is 1. The van der Waals surface area contributed by atoms with Crippen molar-refractivity contribution in [2.24, 2.45) is 0 Å². The minimum absolute atomic E-state index is 0.0679. The number of aromatic nitrogens is 2. The lowest BCUT2D eigenvalue weighted by Gasteiger charge is -2.27. The summed E-state index contributed by atoms with van der Waals surface area (Å²) in [7, 11) is 4.08. The normalized spacial score (nSPS) is 27.5. The summed E-state index contributed by atoms with van der Waals surface area (Å²) in [6.07, 6.45) is -2.77. The Morgan fingerprint density at radius 2 is 2.04 bits per heavy atom. The van der Waals surface area contributed by atoms with Gasteiger partial charge in [-0.25, -0.2) is 4.79 Å². The van der Waals surface area contributed by atoms with Crippen molar-refractivity contribution >= 4 is 18.5 Å². The van der Waals surface area contributed by atoms with Crippen LogP contribution in [0.25, 0.3) is 0 Å². The quantitative estimate of drug-likeness (QED) is 0.592. The molecule has 0 spiro atoms. The fraction of sp³-hybridized carbons (Fsp3) is 0.667. The Labute approximate surface area is 142 Å². The molecule has 0 aliphatic carbocycles. The summed E-state index contributed by atoms with van der Waals surface area (Å²) < 4.78 is 27.5. The highest BCUT2D eigenvalue weighted by Crippen LogP contribution is 2.52. The molecule has 0 radical (unpaired) electrons. The second-order valence-corrected chi connectivity index (χ2v) is 8.09. The van der Waals surface area contributed by atoms with Gasteiger partial charge < -0.3 is 23.6 Å². The van der Waals surface area contributed by atoms with E-state index in [1.54, 1.807) is 0 Å². The van der Waals surface area contributed by atoms with Crippen LogP contribution in [0, 0.1) is 0 Å². The number of rotatable bonds is 7. The summed E-state index contributed by atoms with van der Waals surface area (Å²) in [5.41, 5.74) is -1.27. The van der Waals surface area contributed by atoms with Crippen LogP contribution < -0.4 is 11.2 Å². The van der Waals surface area contributed by atoms with Crippen molar-refractivity contribution in [2.75, 3.05) is 27.9 Å². The predicted molar refractivity (Wildman–Crippen MR) is 86.3 cm³/mol. The van der Waals surface area contributed by atoms with E-state index in [1.807, 2.05) is 0 Å². The molecule has 12 heteroatoms. The number of aliphatic hydroxyl groups excluding tert-OH is 1. The number of H-pyrrole nitrogens is 1. The Morgan fingerprint density at radius 1 is 1.38 bits per heavy atom. The number of methoxy groups -OCH3 is 1. The monoisotopic (exact) mass is 382 g/mol. The maximum absolute atomic E-state index is 12.0. The average molecular weight is 382 g/mol. The molecule has 0 unspecified atom stereocenters. The number of ether oxygens (including phenoxy) is 2. The maximum Gasteiger partial charge on any atom is 0.330 e. The zero-order valence-corrected chi connectivity index (χ0v) is 15.0. The summed E-state index contributed by atoms with van der Waals surface area (Å²) in [6.45, 7) is -3.06. The van der Waals surface area contributed by atoms with E-state index in [4.69, 9.17) is 34.9 Å². The molecule has 1 aromatic heterocycles. The lowest BCUT2D eigenvalue weighted by atomic mass is 10.1. The van der Waals surface area contributed by atoms with E-state index in [2.05, 4.69) is 4.98 Å². The van der Waals surface area contributed by atoms with E-state index in [9.17, 15) is 14.7 Å². The van der Waals surface area contributed by atoms with Gasteiger partial charge in [0.05, 0.1) is 6.61 Å². The first-order valence-corrected chi connectivity index (χ1v) is 9.44. The first kappa shape index (κ1) is 19.4. The van der Waals surface area contributed by atoms with Crippen molar-refractivity contribution in [3.05, 3.63) is 33.1 Å². The molecule has 0 bridgehead atoms. The molecule has 24 heavy (non-hydrogen) atoms. The maximum atomic E-state index is 12.0. The van der Waals surface area contributed by atoms with Gasteiger partial charge in [0.25, 0.3) is 5.56 Å². The molecule has 1 aromatic rings. The molecule has 1 fully saturated rings. The highest BCUT2D eigenvalue weighted by molar-refractivity contribution is 8.07. The Hall–Kier alpha value is -0.910. The van der Waals surface area contributed by atoms with Crippen LogP contribution in [-0.4, -0.2) is 60.9 Å². The largest absolute Gasteiger partial charge is 0.387 e. The molecular weight excluding hydrogens is 363 g/mol. The molecule has 2 heterocycles. The van der Waals surface area contributed by atoms with E-state index < -0.39 is 42.5 Å². The summed E-state index contributed by atoms with van der Waals surface area (Å²) in [4.78, 5) is 25.4. The number of nitrogens with one attached hydrogen (secondary N) is 1. The predicted octanol–water partition coefficient (Wildman–Crippen LogP) is -0.656. The molecule has 1 saturated heterocycles. The van der Waals surface area contributed by atoms with E-state index >= 15 is 0 Å². The van der Waals surface area contributed by atoms with Crippen LogP contribution in [0.2, 0.25) is 0 Å². The second kappa shape index (κ2) is 7.98. The van der Waals surface area contributed by atoms with Crippen LogP contribution >= 0.6 is 6.72 Å². The zero-order valence-electron chi connectivity index (χ0n) is 13.3. The molecule has 1 aliphatic rings. The van der Waals surface area contributed by atoms with Crippen LogP contribution in [0.4, 0.5) is 0 Å². The van der Waals surface area contributed by atoms with Gasteiger partial charge in [0.2, 0.25) is 0 Å². The van der Waals surface area contributed by atoms with Gasteiger partial charge in [-0.05, 0) is 11.8 Å². The van der Waals surface area contributed by atoms with Gasteiger partial charge in [-0.15, -0.1) is 0 Å². The van der Waals surface area contributed by atoms with E-state index in [-0.39, 0.29) is 6.61 Å². The topological polar surface area (TPSA) is 121 Å². The van der Waals surface area contributed by atoms with Crippen molar-refractivity contribution in [3.63, 3.8) is 0 Å². The van der Waals surface area contributed by atoms with Gasteiger partial charge in [-0.2, -0.15) is 0 Å². The number of aliphatic hydroxyl groups is 1. The minimum Gasteiger partial charge on any atom is -0.387 e. The SMILES string of the molecule is COC[C@H]1O[C@@H](n2ccc(=O)[nH]c2=O)[C@H](OP(=S)(OC)OC)[C@@H]1O. The first-order chi connectivity index (χ1) is 11.3. The summed E-state index contributed by atoms with van der Waals surface area (Å²) in [5.74, 6) is 0. The van der Waals surface area contributed by atoms with Crippen LogP contribution in [0.1, 0.15) is 6.23 Å². The van der Waals surface area contributed by atoms with Gasteiger partial charge >= 0.3 is 12.4 Å². The van der Waals surface area contributed by atoms with Crippen molar-refractivity contribution < 1.29 is 28.2 Å². The molecular formula is C12H19N2O8PS. The lowest BCUT2D eigenvalue weighted by molar-refractivity contribution is -0.0604.